The molecule has 1 amide bonds. The van der Waals surface area contributed by atoms with Gasteiger partial charge in [0.25, 0.3) is 5.91 Å². The molecule has 4 rings (SSSR count). The second kappa shape index (κ2) is 8.70. The van der Waals surface area contributed by atoms with Crippen molar-refractivity contribution in [3.63, 3.8) is 0 Å². The Kier molecular flexibility index (Phi) is 5.65. The molecule has 0 atom stereocenters. The van der Waals surface area contributed by atoms with Gasteiger partial charge >= 0.3 is 6.61 Å². The summed E-state index contributed by atoms with van der Waals surface area (Å²) in [4.78, 5) is 19.2. The number of rotatable bonds is 8. The molecular formula is C22H19F2N5O2. The molecular weight excluding hydrogens is 404 g/mol. The molecule has 0 bridgehead atoms. The number of nitrogens with one attached hydrogen (secondary N) is 3. The molecule has 7 nitrogen and oxygen atoms in total. The van der Waals surface area contributed by atoms with Crippen LogP contribution in [-0.4, -0.2) is 22.5 Å². The van der Waals surface area contributed by atoms with Gasteiger partial charge in [0.1, 0.15) is 11.6 Å². The Morgan fingerprint density at radius 2 is 1.97 bits per heavy atom. The van der Waals surface area contributed by atoms with Gasteiger partial charge in [-0.2, -0.15) is 8.78 Å². The van der Waals surface area contributed by atoms with E-state index in [2.05, 4.69) is 25.3 Å². The molecule has 0 spiro atoms. The number of hydrogen-bond donors (Lipinski definition) is 4. The number of aromatic amines is 1. The standard InChI is InChI=1S/C22H19F2N5O2/c23-22(24)31-15-6-4-14(5-7-15)29-20-10-19(17(12-28-20)21(25)30)27-11-13-2-1-3-18-16(13)8-9-26-18/h1-10,12,22,26H,11H2,(H2,25,30)(H2,27,28,29). The van der Waals surface area contributed by atoms with Crippen LogP contribution in [0.1, 0.15) is 15.9 Å². The lowest BCUT2D eigenvalue weighted by Gasteiger charge is -2.13. The number of H-pyrrole nitrogens is 1. The fourth-order valence-corrected chi connectivity index (χ4v) is 3.23. The third-order valence-corrected chi connectivity index (χ3v) is 4.68. The van der Waals surface area contributed by atoms with Crippen LogP contribution >= 0.6 is 0 Å². The maximum absolute atomic E-state index is 12.3. The number of alkyl halides is 2. The van der Waals surface area contributed by atoms with E-state index < -0.39 is 12.5 Å². The number of ether oxygens (including phenoxy) is 1. The molecule has 2 aromatic carbocycles. The maximum atomic E-state index is 12.3. The molecule has 5 N–H and O–H groups in total. The van der Waals surface area contributed by atoms with Crippen LogP contribution in [0.4, 0.5) is 26.0 Å². The number of aromatic nitrogens is 2. The summed E-state index contributed by atoms with van der Waals surface area (Å²) >= 11 is 0. The first kappa shape index (κ1) is 20.1. The van der Waals surface area contributed by atoms with E-state index in [1.165, 1.54) is 18.3 Å². The number of anilines is 3. The first-order valence-electron chi connectivity index (χ1n) is 9.40. The SMILES string of the molecule is NC(=O)c1cnc(Nc2ccc(OC(F)F)cc2)cc1NCc1cccc2[nH]ccc12. The van der Waals surface area contributed by atoms with E-state index >= 15 is 0 Å². The first-order chi connectivity index (χ1) is 15.0. The van der Waals surface area contributed by atoms with Crippen LogP contribution in [0.5, 0.6) is 5.75 Å². The van der Waals surface area contributed by atoms with Crippen LogP contribution in [0, 0.1) is 0 Å². The highest BCUT2D eigenvalue weighted by Crippen LogP contribution is 2.25. The van der Waals surface area contributed by atoms with Crippen LogP contribution < -0.4 is 21.1 Å². The van der Waals surface area contributed by atoms with E-state index in [1.54, 1.807) is 18.2 Å². The van der Waals surface area contributed by atoms with Crippen molar-refractivity contribution in [1.82, 2.24) is 9.97 Å². The molecule has 0 unspecified atom stereocenters. The summed E-state index contributed by atoms with van der Waals surface area (Å²) in [6, 6.07) is 15.6. The normalized spacial score (nSPS) is 10.9. The Morgan fingerprint density at radius 1 is 1.16 bits per heavy atom. The molecule has 0 aliphatic rings. The van der Waals surface area contributed by atoms with Crippen molar-refractivity contribution in [2.24, 2.45) is 5.73 Å². The number of carbonyl (C=O) groups excluding carboxylic acids is 1. The molecule has 31 heavy (non-hydrogen) atoms. The van der Waals surface area contributed by atoms with E-state index in [1.807, 2.05) is 30.5 Å². The number of carbonyl (C=O) groups is 1. The number of amides is 1. The Hall–Kier alpha value is -4.14. The average Bonchev–Trinajstić information content (AvgIpc) is 3.23. The number of primary amides is 1. The predicted molar refractivity (Wildman–Crippen MR) is 115 cm³/mol. The Labute approximate surface area is 176 Å². The number of halogens is 2. The second-order valence-corrected chi connectivity index (χ2v) is 6.72. The predicted octanol–water partition coefficient (Wildman–Crippen LogP) is 4.62. The van der Waals surface area contributed by atoms with Gasteiger partial charge in [-0.25, -0.2) is 4.98 Å². The highest BCUT2D eigenvalue weighted by Gasteiger charge is 2.12. The van der Waals surface area contributed by atoms with Gasteiger partial charge < -0.3 is 26.1 Å². The van der Waals surface area contributed by atoms with E-state index in [-0.39, 0.29) is 11.3 Å². The van der Waals surface area contributed by atoms with Gasteiger partial charge in [-0.1, -0.05) is 12.1 Å². The Bertz CT molecular complexity index is 1210. The summed E-state index contributed by atoms with van der Waals surface area (Å²) in [5, 5.41) is 7.39. The van der Waals surface area contributed by atoms with Crippen molar-refractivity contribution in [3.8, 4) is 5.75 Å². The van der Waals surface area contributed by atoms with Gasteiger partial charge in [-0.3, -0.25) is 4.79 Å². The Morgan fingerprint density at radius 3 is 2.71 bits per heavy atom. The zero-order valence-corrected chi connectivity index (χ0v) is 16.2. The molecule has 0 aliphatic heterocycles. The minimum Gasteiger partial charge on any atom is -0.435 e. The minimum absolute atomic E-state index is 0.0545. The fraction of sp³-hybridized carbons (Fsp3) is 0.0909. The number of nitrogens with two attached hydrogens (primary N) is 1. The lowest BCUT2D eigenvalue weighted by molar-refractivity contribution is -0.0498. The molecule has 0 saturated carbocycles. The van der Waals surface area contributed by atoms with E-state index in [4.69, 9.17) is 5.73 Å². The number of pyridine rings is 1. The minimum atomic E-state index is -2.88. The summed E-state index contributed by atoms with van der Waals surface area (Å²) in [5.41, 5.74) is 8.96. The number of nitrogens with zero attached hydrogens (tertiary/aromatic N) is 1. The molecule has 2 aromatic heterocycles. The quantitative estimate of drug-likeness (QED) is 0.331. The monoisotopic (exact) mass is 423 g/mol. The van der Waals surface area contributed by atoms with Crippen LogP contribution in [0.3, 0.4) is 0 Å². The summed E-state index contributed by atoms with van der Waals surface area (Å²) < 4.78 is 28.9. The summed E-state index contributed by atoms with van der Waals surface area (Å²) in [5.74, 6) is -0.0938. The molecule has 0 aliphatic carbocycles. The van der Waals surface area contributed by atoms with Gasteiger partial charge in [-0.05, 0) is 42.0 Å². The second-order valence-electron chi connectivity index (χ2n) is 6.72. The lowest BCUT2D eigenvalue weighted by Crippen LogP contribution is -2.15. The van der Waals surface area contributed by atoms with Crippen molar-refractivity contribution >= 4 is 34.0 Å². The van der Waals surface area contributed by atoms with Crippen LogP contribution in [0.25, 0.3) is 10.9 Å². The van der Waals surface area contributed by atoms with Crippen LogP contribution in [-0.2, 0) is 6.54 Å². The molecule has 4 aromatic rings. The number of fused-ring (bicyclic) bond motifs is 1. The summed E-state index contributed by atoms with van der Waals surface area (Å²) in [6.45, 7) is -2.41. The van der Waals surface area contributed by atoms with Gasteiger partial charge in [0.15, 0.2) is 0 Å². The molecule has 2 heterocycles. The van der Waals surface area contributed by atoms with Gasteiger partial charge in [0, 0.05) is 41.6 Å². The van der Waals surface area contributed by atoms with E-state index in [0.29, 0.717) is 23.7 Å². The topological polar surface area (TPSA) is 105 Å². The zero-order chi connectivity index (χ0) is 21.8. The largest absolute Gasteiger partial charge is 0.435 e. The van der Waals surface area contributed by atoms with Crippen LogP contribution in [0.15, 0.2) is 67.0 Å². The Balaban J connectivity index is 1.53. The molecule has 9 heteroatoms. The maximum Gasteiger partial charge on any atom is 0.387 e. The van der Waals surface area contributed by atoms with E-state index in [0.717, 1.165) is 16.5 Å². The average molecular weight is 423 g/mol. The lowest BCUT2D eigenvalue weighted by atomic mass is 10.1. The first-order valence-corrected chi connectivity index (χ1v) is 9.40. The van der Waals surface area contributed by atoms with Crippen LogP contribution in [0.2, 0.25) is 0 Å². The zero-order valence-electron chi connectivity index (χ0n) is 16.2. The van der Waals surface area contributed by atoms with Crippen molar-refractivity contribution in [1.29, 1.82) is 0 Å². The van der Waals surface area contributed by atoms with Crippen molar-refractivity contribution in [3.05, 3.63) is 78.1 Å². The summed E-state index contributed by atoms with van der Waals surface area (Å²) in [6.07, 6.45) is 3.26. The molecule has 0 radical (unpaired) electrons. The number of hydrogen-bond acceptors (Lipinski definition) is 5. The van der Waals surface area contributed by atoms with Gasteiger partial charge in [0.2, 0.25) is 0 Å². The smallest absolute Gasteiger partial charge is 0.387 e. The van der Waals surface area contributed by atoms with Crippen molar-refractivity contribution in [2.45, 2.75) is 13.2 Å². The highest BCUT2D eigenvalue weighted by atomic mass is 19.3. The fourth-order valence-electron chi connectivity index (χ4n) is 3.23. The summed E-state index contributed by atoms with van der Waals surface area (Å²) in [7, 11) is 0. The molecule has 158 valence electrons. The highest BCUT2D eigenvalue weighted by molar-refractivity contribution is 5.98. The van der Waals surface area contributed by atoms with Gasteiger partial charge in [0.05, 0.1) is 11.3 Å². The third kappa shape index (κ3) is 4.72. The third-order valence-electron chi connectivity index (χ3n) is 4.68. The number of benzene rings is 2. The van der Waals surface area contributed by atoms with Gasteiger partial charge in [-0.15, -0.1) is 0 Å². The molecule has 0 fully saturated rings. The van der Waals surface area contributed by atoms with Crippen molar-refractivity contribution in [2.75, 3.05) is 10.6 Å². The van der Waals surface area contributed by atoms with Crippen molar-refractivity contribution < 1.29 is 18.3 Å². The molecule has 0 saturated heterocycles. The van der Waals surface area contributed by atoms with E-state index in [9.17, 15) is 13.6 Å².